The molecule has 2 atom stereocenters. The molecule has 0 spiro atoms. The molecular weight excluding hydrogens is 498 g/mol. The third-order valence-electron chi connectivity index (χ3n) is 4.89. The summed E-state index contributed by atoms with van der Waals surface area (Å²) in [5.74, 6) is -0.608. The lowest BCUT2D eigenvalue weighted by atomic mass is 10.0. The molecular formula is C27H41NO10. The molecule has 0 aliphatic carbocycles. The molecule has 0 aliphatic rings. The van der Waals surface area contributed by atoms with Crippen LogP contribution in [0.15, 0.2) is 18.2 Å². The molecule has 1 unspecified atom stereocenters. The number of carbonyl (C=O) groups excluding carboxylic acids is 4. The average Bonchev–Trinajstić information content (AvgIpc) is 2.80. The second-order valence-corrected chi connectivity index (χ2v) is 9.74. The van der Waals surface area contributed by atoms with Crippen LogP contribution in [0.4, 0.5) is 9.59 Å². The highest BCUT2D eigenvalue weighted by atomic mass is 16.7. The molecule has 0 amide bonds. The van der Waals surface area contributed by atoms with E-state index < -0.39 is 42.6 Å². The van der Waals surface area contributed by atoms with Crippen molar-refractivity contribution >= 4 is 24.2 Å². The van der Waals surface area contributed by atoms with E-state index in [2.05, 4.69) is 5.32 Å². The maximum absolute atomic E-state index is 12.4. The zero-order chi connectivity index (χ0) is 28.8. The first-order valence-corrected chi connectivity index (χ1v) is 12.7. The van der Waals surface area contributed by atoms with Gasteiger partial charge in [-0.05, 0) is 71.1 Å². The van der Waals surface area contributed by atoms with Gasteiger partial charge in [-0.1, -0.05) is 19.9 Å². The van der Waals surface area contributed by atoms with E-state index in [0.29, 0.717) is 17.9 Å². The van der Waals surface area contributed by atoms with Gasteiger partial charge in [-0.3, -0.25) is 9.59 Å². The summed E-state index contributed by atoms with van der Waals surface area (Å²) in [4.78, 5) is 48.6. The molecule has 11 nitrogen and oxygen atoms in total. The van der Waals surface area contributed by atoms with Crippen molar-refractivity contribution in [1.82, 2.24) is 5.32 Å². The van der Waals surface area contributed by atoms with Crippen LogP contribution < -0.4 is 14.8 Å². The number of methoxy groups -OCH3 is 1. The van der Waals surface area contributed by atoms with Crippen LogP contribution in [-0.4, -0.2) is 62.3 Å². The molecule has 1 rings (SSSR count). The van der Waals surface area contributed by atoms with Gasteiger partial charge in [0.05, 0.1) is 19.3 Å². The second-order valence-electron chi connectivity index (χ2n) is 9.74. The Morgan fingerprint density at radius 3 is 1.92 bits per heavy atom. The molecule has 38 heavy (non-hydrogen) atoms. The second kappa shape index (κ2) is 16.5. The summed E-state index contributed by atoms with van der Waals surface area (Å²) >= 11 is 0. The summed E-state index contributed by atoms with van der Waals surface area (Å²) in [6.45, 7) is 12.6. The summed E-state index contributed by atoms with van der Waals surface area (Å²) in [6, 6.07) is 3.67. The summed E-state index contributed by atoms with van der Waals surface area (Å²) in [6.07, 6.45) is -2.11. The van der Waals surface area contributed by atoms with Crippen LogP contribution >= 0.6 is 0 Å². The molecule has 1 aromatic rings. The minimum Gasteiger partial charge on any atom is -0.468 e. The standard InChI is InChI=1S/C27H41NO10/c1-16(2)9-12-24(29)36-19(7)15-28-21(25(30)33-8)13-20-10-11-22(37-26(31)34-17(3)4)23(14-20)38-27(32)35-18(5)6/h10-11,14,16-19,21,28H,9,12-13,15H2,1-8H3/t19?,21-/m0/s1. The highest BCUT2D eigenvalue weighted by Crippen LogP contribution is 2.30. The molecule has 1 aromatic carbocycles. The minimum absolute atomic E-state index is 0.0652. The lowest BCUT2D eigenvalue weighted by molar-refractivity contribution is -0.148. The van der Waals surface area contributed by atoms with Gasteiger partial charge in [0.2, 0.25) is 0 Å². The number of hydrogen-bond acceptors (Lipinski definition) is 11. The highest BCUT2D eigenvalue weighted by molar-refractivity contribution is 5.76. The van der Waals surface area contributed by atoms with Crippen molar-refractivity contribution in [3.63, 3.8) is 0 Å². The number of rotatable bonds is 14. The first-order valence-electron chi connectivity index (χ1n) is 12.7. The van der Waals surface area contributed by atoms with Gasteiger partial charge in [0, 0.05) is 13.0 Å². The molecule has 11 heteroatoms. The fourth-order valence-corrected chi connectivity index (χ4v) is 3.11. The number of hydrogen-bond donors (Lipinski definition) is 1. The molecule has 0 heterocycles. The van der Waals surface area contributed by atoms with Crippen molar-refractivity contribution in [2.45, 2.75) is 92.1 Å². The Kier molecular flexibility index (Phi) is 14.2. The normalized spacial score (nSPS) is 12.6. The molecule has 0 fully saturated rings. The molecule has 0 radical (unpaired) electrons. The molecule has 0 saturated carbocycles. The van der Waals surface area contributed by atoms with E-state index in [-0.39, 0.29) is 30.4 Å². The van der Waals surface area contributed by atoms with Crippen LogP contribution in [0.5, 0.6) is 11.5 Å². The van der Waals surface area contributed by atoms with Gasteiger partial charge < -0.3 is 33.7 Å². The maximum Gasteiger partial charge on any atom is 0.514 e. The van der Waals surface area contributed by atoms with Crippen LogP contribution in [0.3, 0.4) is 0 Å². The van der Waals surface area contributed by atoms with Gasteiger partial charge in [-0.2, -0.15) is 0 Å². The van der Waals surface area contributed by atoms with Crippen LogP contribution in [0.1, 0.15) is 66.9 Å². The molecule has 0 aliphatic heterocycles. The van der Waals surface area contributed by atoms with Crippen molar-refractivity contribution in [2.24, 2.45) is 5.92 Å². The largest absolute Gasteiger partial charge is 0.514 e. The van der Waals surface area contributed by atoms with E-state index in [0.717, 1.165) is 6.42 Å². The van der Waals surface area contributed by atoms with Crippen LogP contribution in [0, 0.1) is 5.92 Å². The van der Waals surface area contributed by atoms with Gasteiger partial charge in [0.1, 0.15) is 12.1 Å². The molecule has 214 valence electrons. The highest BCUT2D eigenvalue weighted by Gasteiger charge is 2.23. The summed E-state index contributed by atoms with van der Waals surface area (Å²) in [7, 11) is 1.26. The predicted octanol–water partition coefficient (Wildman–Crippen LogP) is 4.58. The Morgan fingerprint density at radius 1 is 0.816 bits per heavy atom. The van der Waals surface area contributed by atoms with Crippen molar-refractivity contribution in [3.8, 4) is 11.5 Å². The van der Waals surface area contributed by atoms with Crippen LogP contribution in [-0.2, 0) is 35.0 Å². The smallest absolute Gasteiger partial charge is 0.468 e. The maximum atomic E-state index is 12.4. The van der Waals surface area contributed by atoms with Gasteiger partial charge in [0.25, 0.3) is 0 Å². The third-order valence-corrected chi connectivity index (χ3v) is 4.89. The first-order chi connectivity index (χ1) is 17.8. The number of carbonyl (C=O) groups is 4. The lowest BCUT2D eigenvalue weighted by Crippen LogP contribution is -2.43. The minimum atomic E-state index is -0.991. The van der Waals surface area contributed by atoms with E-state index in [1.807, 2.05) is 13.8 Å². The van der Waals surface area contributed by atoms with Crippen molar-refractivity contribution in [3.05, 3.63) is 23.8 Å². The fraction of sp³-hybridized carbons (Fsp3) is 0.630. The van der Waals surface area contributed by atoms with E-state index in [4.69, 9.17) is 28.4 Å². The summed E-state index contributed by atoms with van der Waals surface area (Å²) < 4.78 is 30.8. The van der Waals surface area contributed by atoms with Crippen LogP contribution in [0.2, 0.25) is 0 Å². The van der Waals surface area contributed by atoms with Crippen molar-refractivity contribution < 1.29 is 47.6 Å². The quantitative estimate of drug-likeness (QED) is 0.202. The molecule has 1 N–H and O–H groups in total. The zero-order valence-electron chi connectivity index (χ0n) is 23.5. The van der Waals surface area contributed by atoms with E-state index in [1.165, 1.54) is 19.2 Å². The van der Waals surface area contributed by atoms with Gasteiger partial charge in [-0.25, -0.2) is 9.59 Å². The predicted molar refractivity (Wildman–Crippen MR) is 138 cm³/mol. The molecule has 0 saturated heterocycles. The molecule has 0 aromatic heterocycles. The summed E-state index contributed by atoms with van der Waals surface area (Å²) in [5.41, 5.74) is 0.561. The Balaban J connectivity index is 3.00. The monoisotopic (exact) mass is 539 g/mol. The first kappa shape index (κ1) is 32.7. The van der Waals surface area contributed by atoms with Crippen molar-refractivity contribution in [1.29, 1.82) is 0 Å². The molecule has 0 bridgehead atoms. The number of ether oxygens (including phenoxy) is 6. The summed E-state index contributed by atoms with van der Waals surface area (Å²) in [5, 5.41) is 3.05. The lowest BCUT2D eigenvalue weighted by Gasteiger charge is -2.20. The van der Waals surface area contributed by atoms with E-state index in [9.17, 15) is 19.2 Å². The van der Waals surface area contributed by atoms with E-state index >= 15 is 0 Å². The number of nitrogens with one attached hydrogen (secondary N) is 1. The average molecular weight is 540 g/mol. The Hall–Kier alpha value is -3.34. The Bertz CT molecular complexity index is 928. The zero-order valence-corrected chi connectivity index (χ0v) is 23.5. The van der Waals surface area contributed by atoms with Gasteiger partial charge >= 0.3 is 24.2 Å². The van der Waals surface area contributed by atoms with Gasteiger partial charge in [-0.15, -0.1) is 0 Å². The van der Waals surface area contributed by atoms with E-state index in [1.54, 1.807) is 40.7 Å². The Labute approximate surface area is 224 Å². The number of esters is 2. The van der Waals surface area contributed by atoms with Gasteiger partial charge in [0.15, 0.2) is 11.5 Å². The number of benzene rings is 1. The van der Waals surface area contributed by atoms with Crippen LogP contribution in [0.25, 0.3) is 0 Å². The third kappa shape index (κ3) is 13.3. The van der Waals surface area contributed by atoms with Crippen molar-refractivity contribution in [2.75, 3.05) is 13.7 Å². The fourth-order valence-electron chi connectivity index (χ4n) is 3.11. The topological polar surface area (TPSA) is 136 Å². The Morgan fingerprint density at radius 2 is 1.39 bits per heavy atom. The SMILES string of the molecule is COC(=O)[C@H](Cc1ccc(OC(=O)OC(C)C)c(OC(=O)OC(C)C)c1)NCC(C)OC(=O)CCC(C)C.